The van der Waals surface area contributed by atoms with E-state index in [0.717, 1.165) is 5.56 Å². The number of aromatic nitrogens is 4. The summed E-state index contributed by atoms with van der Waals surface area (Å²) in [5.74, 6) is 0.0102. The number of pyridine rings is 2. The van der Waals surface area contributed by atoms with Crippen molar-refractivity contribution >= 4 is 17.5 Å². The Balaban J connectivity index is 0.00000144. The molecule has 22 heavy (non-hydrogen) atoms. The van der Waals surface area contributed by atoms with Crippen molar-refractivity contribution in [2.45, 2.75) is 0 Å². The van der Waals surface area contributed by atoms with Crippen molar-refractivity contribution < 1.29 is 7.65 Å². The van der Waals surface area contributed by atoms with Crippen LogP contribution in [0.1, 0.15) is 13.3 Å². The number of carbonyl (C=O) groups is 1. The van der Waals surface area contributed by atoms with E-state index in [-0.39, 0.29) is 14.4 Å². The van der Waals surface area contributed by atoms with Crippen LogP contribution in [-0.4, -0.2) is 25.8 Å². The van der Waals surface area contributed by atoms with Gasteiger partial charge in [0.15, 0.2) is 11.5 Å². The standard InChI is InChI=1S/C15H12N6O.2H2/c16-14-13(15(22)21-12-5-1-2-7-18-12)20-11(9-19-14)10-4-3-6-17-8-10;;/h1-9H,(H2,16,19)(H,18,21,22);2*1H. The van der Waals surface area contributed by atoms with Crippen molar-refractivity contribution in [1.29, 1.82) is 0 Å². The van der Waals surface area contributed by atoms with Crippen molar-refractivity contribution in [3.8, 4) is 11.3 Å². The van der Waals surface area contributed by atoms with E-state index >= 15 is 0 Å². The number of nitrogens with zero attached hydrogens (tertiary/aromatic N) is 4. The average Bonchev–Trinajstić information content (AvgIpc) is 2.57. The molecule has 3 aromatic heterocycles. The Labute approximate surface area is 129 Å². The third-order valence-electron chi connectivity index (χ3n) is 2.88. The summed E-state index contributed by atoms with van der Waals surface area (Å²) in [5.41, 5.74) is 7.07. The molecule has 0 radical (unpaired) electrons. The summed E-state index contributed by atoms with van der Waals surface area (Å²) in [4.78, 5) is 28.6. The summed E-state index contributed by atoms with van der Waals surface area (Å²) >= 11 is 0. The van der Waals surface area contributed by atoms with Crippen molar-refractivity contribution in [1.82, 2.24) is 19.9 Å². The maximum absolute atomic E-state index is 12.3. The highest BCUT2D eigenvalue weighted by Gasteiger charge is 2.15. The molecule has 0 saturated carbocycles. The van der Waals surface area contributed by atoms with Crippen LogP contribution in [0.15, 0.2) is 55.1 Å². The second kappa shape index (κ2) is 5.96. The number of anilines is 2. The fraction of sp³-hybridized carbons (Fsp3) is 0. The van der Waals surface area contributed by atoms with Crippen LogP contribution in [-0.2, 0) is 0 Å². The first kappa shape index (κ1) is 13.6. The van der Waals surface area contributed by atoms with Crippen LogP contribution in [0, 0.1) is 0 Å². The first-order chi connectivity index (χ1) is 10.7. The predicted octanol–water partition coefficient (Wildman–Crippen LogP) is 2.26. The maximum atomic E-state index is 12.3. The van der Waals surface area contributed by atoms with Gasteiger partial charge in [0, 0.05) is 27.0 Å². The highest BCUT2D eigenvalue weighted by atomic mass is 16.2. The summed E-state index contributed by atoms with van der Waals surface area (Å²) in [6.45, 7) is 0. The van der Waals surface area contributed by atoms with Crippen LogP contribution in [0.2, 0.25) is 0 Å². The summed E-state index contributed by atoms with van der Waals surface area (Å²) in [7, 11) is 0. The average molecular weight is 296 g/mol. The van der Waals surface area contributed by atoms with E-state index in [1.165, 1.54) is 6.20 Å². The molecule has 3 N–H and O–H groups in total. The van der Waals surface area contributed by atoms with Gasteiger partial charge >= 0.3 is 0 Å². The zero-order chi connectivity index (χ0) is 15.4. The van der Waals surface area contributed by atoms with Gasteiger partial charge in [-0.1, -0.05) is 6.07 Å². The lowest BCUT2D eigenvalue weighted by atomic mass is 10.2. The molecule has 0 fully saturated rings. The normalized spacial score (nSPS) is 10.2. The van der Waals surface area contributed by atoms with Crippen molar-refractivity contribution in [2.75, 3.05) is 11.1 Å². The summed E-state index contributed by atoms with van der Waals surface area (Å²) in [5, 5.41) is 2.63. The number of nitrogens with two attached hydrogens (primary N) is 1. The maximum Gasteiger partial charge on any atom is 0.279 e. The van der Waals surface area contributed by atoms with Gasteiger partial charge in [-0.3, -0.25) is 9.78 Å². The molecule has 3 heterocycles. The largest absolute Gasteiger partial charge is 0.382 e. The van der Waals surface area contributed by atoms with E-state index in [1.54, 1.807) is 42.9 Å². The lowest BCUT2D eigenvalue weighted by Crippen LogP contribution is -2.17. The topological polar surface area (TPSA) is 107 Å². The smallest absolute Gasteiger partial charge is 0.279 e. The molecule has 0 aromatic carbocycles. The fourth-order valence-electron chi connectivity index (χ4n) is 1.83. The second-order valence-corrected chi connectivity index (χ2v) is 4.40. The van der Waals surface area contributed by atoms with Crippen LogP contribution in [0.3, 0.4) is 0 Å². The van der Waals surface area contributed by atoms with Gasteiger partial charge in [0.2, 0.25) is 0 Å². The molecule has 0 aliphatic rings. The van der Waals surface area contributed by atoms with E-state index in [1.807, 2.05) is 6.07 Å². The number of nitrogen functional groups attached to an aromatic ring is 1. The highest BCUT2D eigenvalue weighted by Crippen LogP contribution is 2.17. The van der Waals surface area contributed by atoms with Crippen LogP contribution >= 0.6 is 0 Å². The Bertz CT molecular complexity index is 802. The third-order valence-corrected chi connectivity index (χ3v) is 2.88. The molecule has 0 saturated heterocycles. The van der Waals surface area contributed by atoms with E-state index in [0.29, 0.717) is 11.5 Å². The predicted molar refractivity (Wildman–Crippen MR) is 86.1 cm³/mol. The molecule has 112 valence electrons. The molecule has 0 atom stereocenters. The van der Waals surface area contributed by atoms with Gasteiger partial charge in [0.1, 0.15) is 5.82 Å². The molecule has 0 aliphatic heterocycles. The number of nitrogens with one attached hydrogen (secondary N) is 1. The molecule has 7 heteroatoms. The highest BCUT2D eigenvalue weighted by molar-refractivity contribution is 6.05. The number of hydrogen-bond donors (Lipinski definition) is 2. The molecule has 3 rings (SSSR count). The zero-order valence-corrected chi connectivity index (χ0v) is 11.5. The second-order valence-electron chi connectivity index (χ2n) is 4.40. The number of carbonyl (C=O) groups excluding carboxylic acids is 1. The van der Waals surface area contributed by atoms with Crippen LogP contribution < -0.4 is 11.1 Å². The first-order valence-corrected chi connectivity index (χ1v) is 6.49. The molecule has 1 amide bonds. The van der Waals surface area contributed by atoms with Gasteiger partial charge in [0.25, 0.3) is 5.91 Å². The van der Waals surface area contributed by atoms with Crippen molar-refractivity contribution in [3.63, 3.8) is 0 Å². The van der Waals surface area contributed by atoms with Crippen molar-refractivity contribution in [2.24, 2.45) is 0 Å². The van der Waals surface area contributed by atoms with Gasteiger partial charge in [-0.2, -0.15) is 0 Å². The Morgan fingerprint density at radius 1 is 1.09 bits per heavy atom. The minimum absolute atomic E-state index is 0. The van der Waals surface area contributed by atoms with E-state index in [9.17, 15) is 4.79 Å². The fourth-order valence-corrected chi connectivity index (χ4v) is 1.83. The molecule has 3 aromatic rings. The Morgan fingerprint density at radius 2 is 2.00 bits per heavy atom. The van der Waals surface area contributed by atoms with Gasteiger partial charge < -0.3 is 11.1 Å². The summed E-state index contributed by atoms with van der Waals surface area (Å²) in [6, 6.07) is 8.80. The van der Waals surface area contributed by atoms with Gasteiger partial charge in [-0.05, 0) is 24.3 Å². The number of rotatable bonds is 3. The first-order valence-electron chi connectivity index (χ1n) is 6.49. The molecule has 0 unspecified atom stereocenters. The SMILES string of the molecule is Nc1ncc(-c2cccnc2)nc1C(=O)Nc1ccccn1.[HH].[HH]. The van der Waals surface area contributed by atoms with Crippen LogP contribution in [0.25, 0.3) is 11.3 Å². The van der Waals surface area contributed by atoms with Gasteiger partial charge in [-0.15, -0.1) is 0 Å². The monoisotopic (exact) mass is 296 g/mol. The number of hydrogen-bond acceptors (Lipinski definition) is 6. The van der Waals surface area contributed by atoms with E-state index in [2.05, 4.69) is 25.3 Å². The van der Waals surface area contributed by atoms with Gasteiger partial charge in [0.05, 0.1) is 11.9 Å². The molecule has 7 nitrogen and oxygen atoms in total. The molecule has 0 spiro atoms. The summed E-state index contributed by atoms with van der Waals surface area (Å²) in [6.07, 6.45) is 6.38. The Morgan fingerprint density at radius 3 is 2.73 bits per heavy atom. The lowest BCUT2D eigenvalue weighted by Gasteiger charge is -2.07. The van der Waals surface area contributed by atoms with E-state index < -0.39 is 5.91 Å². The Kier molecular flexibility index (Phi) is 3.69. The molecule has 0 aliphatic carbocycles. The van der Waals surface area contributed by atoms with Crippen LogP contribution in [0.4, 0.5) is 11.6 Å². The molecular formula is C15H16N6O. The lowest BCUT2D eigenvalue weighted by molar-refractivity contribution is 0.102. The quantitative estimate of drug-likeness (QED) is 0.767. The summed E-state index contributed by atoms with van der Waals surface area (Å²) < 4.78 is 0. The minimum atomic E-state index is -0.463. The number of amides is 1. The molecule has 0 bridgehead atoms. The Hall–Kier alpha value is -3.35. The third kappa shape index (κ3) is 2.88. The van der Waals surface area contributed by atoms with Crippen molar-refractivity contribution in [3.05, 3.63) is 60.8 Å². The molecular weight excluding hydrogens is 280 g/mol. The van der Waals surface area contributed by atoms with Crippen LogP contribution in [0.5, 0.6) is 0 Å². The van der Waals surface area contributed by atoms with E-state index in [4.69, 9.17) is 5.73 Å². The van der Waals surface area contributed by atoms with Gasteiger partial charge in [-0.25, -0.2) is 15.0 Å². The minimum Gasteiger partial charge on any atom is -0.382 e. The zero-order valence-electron chi connectivity index (χ0n) is 11.5.